The van der Waals surface area contributed by atoms with Gasteiger partial charge in [-0.1, -0.05) is 11.6 Å². The van der Waals surface area contributed by atoms with Crippen molar-refractivity contribution < 1.29 is 9.53 Å². The van der Waals surface area contributed by atoms with Gasteiger partial charge in [-0.3, -0.25) is 4.79 Å². The number of rotatable bonds is 4. The van der Waals surface area contributed by atoms with Crippen molar-refractivity contribution in [3.05, 3.63) is 49.6 Å². The Hall–Kier alpha value is -0.840. The second-order valence-corrected chi connectivity index (χ2v) is 6.30. The smallest absolute Gasteiger partial charge is 0.203 e. The molecule has 0 N–H and O–H groups in total. The van der Waals surface area contributed by atoms with Crippen LogP contribution in [0.4, 0.5) is 0 Å². The number of halogens is 2. The quantitative estimate of drug-likeness (QED) is 0.744. The van der Waals surface area contributed by atoms with E-state index < -0.39 is 0 Å². The van der Waals surface area contributed by atoms with Gasteiger partial charge in [-0.05, 0) is 53.2 Å². The minimum Gasteiger partial charge on any atom is -0.494 e. The molecule has 0 spiro atoms. The van der Waals surface area contributed by atoms with Crippen molar-refractivity contribution in [1.29, 1.82) is 0 Å². The maximum Gasteiger partial charge on any atom is 0.203 e. The lowest BCUT2D eigenvalue weighted by Crippen LogP contribution is -1.98. The highest BCUT2D eigenvalue weighted by atomic mass is 79.9. The van der Waals surface area contributed by atoms with Gasteiger partial charge in [0.05, 0.1) is 20.3 Å². The van der Waals surface area contributed by atoms with Gasteiger partial charge in [0, 0.05) is 5.56 Å². The molecule has 0 fully saturated rings. The fourth-order valence-electron chi connectivity index (χ4n) is 1.47. The van der Waals surface area contributed by atoms with Crippen LogP contribution in [0.5, 0.6) is 5.75 Å². The minimum absolute atomic E-state index is 0.0318. The van der Waals surface area contributed by atoms with Crippen molar-refractivity contribution >= 4 is 44.7 Å². The molecule has 0 unspecified atom stereocenters. The van der Waals surface area contributed by atoms with Crippen LogP contribution in [0.1, 0.15) is 22.2 Å². The van der Waals surface area contributed by atoms with Gasteiger partial charge in [0.15, 0.2) is 0 Å². The van der Waals surface area contributed by atoms with E-state index in [0.29, 0.717) is 22.1 Å². The molecule has 0 aliphatic carbocycles. The highest BCUT2D eigenvalue weighted by Crippen LogP contribution is 2.33. The third kappa shape index (κ3) is 2.94. The normalized spacial score (nSPS) is 10.4. The molecule has 0 saturated heterocycles. The third-order valence-electron chi connectivity index (χ3n) is 2.30. The lowest BCUT2D eigenvalue weighted by atomic mass is 10.1. The Kier molecular flexibility index (Phi) is 4.43. The predicted octanol–water partition coefficient (Wildman–Crippen LogP) is 4.79. The van der Waals surface area contributed by atoms with E-state index in [1.807, 2.05) is 6.92 Å². The Morgan fingerprint density at radius 1 is 1.39 bits per heavy atom. The molecule has 18 heavy (non-hydrogen) atoms. The highest BCUT2D eigenvalue weighted by Gasteiger charge is 2.14. The fraction of sp³-hybridized carbons (Fsp3) is 0.154. The van der Waals surface area contributed by atoms with Gasteiger partial charge in [0.25, 0.3) is 0 Å². The topological polar surface area (TPSA) is 26.3 Å². The maximum absolute atomic E-state index is 12.2. The van der Waals surface area contributed by atoms with Crippen molar-refractivity contribution in [2.75, 3.05) is 6.61 Å². The molecule has 0 aliphatic rings. The van der Waals surface area contributed by atoms with E-state index in [2.05, 4.69) is 15.9 Å². The zero-order valence-corrected chi connectivity index (χ0v) is 12.7. The largest absolute Gasteiger partial charge is 0.494 e. The summed E-state index contributed by atoms with van der Waals surface area (Å²) in [5.74, 6) is 0.732. The van der Waals surface area contributed by atoms with Crippen LogP contribution in [0.15, 0.2) is 34.1 Å². The number of carbonyl (C=O) groups is 1. The molecule has 2 nitrogen and oxygen atoms in total. The zero-order valence-electron chi connectivity index (χ0n) is 9.57. The first-order valence-corrected chi connectivity index (χ1v) is 7.33. The molecule has 0 atom stereocenters. The first-order chi connectivity index (χ1) is 8.61. The van der Waals surface area contributed by atoms with E-state index in [-0.39, 0.29) is 5.78 Å². The van der Waals surface area contributed by atoms with Crippen molar-refractivity contribution in [2.45, 2.75) is 6.92 Å². The van der Waals surface area contributed by atoms with Crippen LogP contribution in [0, 0.1) is 0 Å². The second-order valence-electron chi connectivity index (χ2n) is 3.52. The molecule has 5 heteroatoms. The van der Waals surface area contributed by atoms with Gasteiger partial charge in [0.2, 0.25) is 5.78 Å². The molecule has 0 saturated carbocycles. The molecule has 0 radical (unpaired) electrons. The molecular weight excluding hydrogens is 336 g/mol. The molecule has 1 heterocycles. The number of benzene rings is 1. The minimum atomic E-state index is -0.0318. The summed E-state index contributed by atoms with van der Waals surface area (Å²) >= 11 is 10.6. The van der Waals surface area contributed by atoms with Crippen molar-refractivity contribution in [3.63, 3.8) is 0 Å². The van der Waals surface area contributed by atoms with Crippen LogP contribution < -0.4 is 4.74 Å². The lowest BCUT2D eigenvalue weighted by molar-refractivity contribution is 0.104. The van der Waals surface area contributed by atoms with Crippen LogP contribution in [0.2, 0.25) is 5.02 Å². The van der Waals surface area contributed by atoms with Gasteiger partial charge < -0.3 is 4.74 Å². The Morgan fingerprint density at radius 3 is 2.56 bits per heavy atom. The summed E-state index contributed by atoms with van der Waals surface area (Å²) in [6.45, 7) is 2.53. The molecule has 0 bridgehead atoms. The van der Waals surface area contributed by atoms with Crippen molar-refractivity contribution in [1.82, 2.24) is 0 Å². The van der Waals surface area contributed by atoms with Gasteiger partial charge >= 0.3 is 0 Å². The maximum atomic E-state index is 12.2. The van der Waals surface area contributed by atoms with E-state index >= 15 is 0 Å². The number of thiophene rings is 1. The molecule has 1 aromatic carbocycles. The van der Waals surface area contributed by atoms with Crippen molar-refractivity contribution in [3.8, 4) is 5.75 Å². The zero-order chi connectivity index (χ0) is 13.1. The van der Waals surface area contributed by atoms with E-state index in [9.17, 15) is 4.79 Å². The monoisotopic (exact) mass is 344 g/mol. The first-order valence-electron chi connectivity index (χ1n) is 5.34. The number of hydrogen-bond donors (Lipinski definition) is 0. The fourth-order valence-corrected chi connectivity index (χ4v) is 3.13. The summed E-state index contributed by atoms with van der Waals surface area (Å²) in [7, 11) is 0. The Morgan fingerprint density at radius 2 is 2.06 bits per heavy atom. The highest BCUT2D eigenvalue weighted by molar-refractivity contribution is 9.11. The van der Waals surface area contributed by atoms with Crippen LogP contribution >= 0.6 is 38.9 Å². The standard InChI is InChI=1S/C13H10BrClO2S/c1-2-17-9-5-3-8(4-6-9)12(16)11-7-10(15)13(14)18-11/h3-7H,2H2,1H3. The van der Waals surface area contributed by atoms with Gasteiger partial charge in [-0.2, -0.15) is 0 Å². The van der Waals surface area contributed by atoms with Crippen molar-refractivity contribution in [2.24, 2.45) is 0 Å². The average Bonchev–Trinajstić information content (AvgIpc) is 2.70. The molecule has 2 rings (SSSR count). The van der Waals surface area contributed by atoms with E-state index in [0.717, 1.165) is 9.54 Å². The van der Waals surface area contributed by atoms with Crippen LogP contribution in [-0.4, -0.2) is 12.4 Å². The van der Waals surface area contributed by atoms with E-state index in [1.165, 1.54) is 11.3 Å². The lowest BCUT2D eigenvalue weighted by Gasteiger charge is -2.03. The van der Waals surface area contributed by atoms with Crippen LogP contribution in [-0.2, 0) is 0 Å². The summed E-state index contributed by atoms with van der Waals surface area (Å²) in [4.78, 5) is 12.8. The summed E-state index contributed by atoms with van der Waals surface area (Å²) in [6, 6.07) is 8.78. The van der Waals surface area contributed by atoms with Gasteiger partial charge in [0.1, 0.15) is 5.75 Å². The summed E-state index contributed by atoms with van der Waals surface area (Å²) in [6.07, 6.45) is 0. The number of carbonyl (C=O) groups excluding carboxylic acids is 1. The van der Waals surface area contributed by atoms with Crippen LogP contribution in [0.3, 0.4) is 0 Å². The second kappa shape index (κ2) is 5.87. The van der Waals surface area contributed by atoms with E-state index in [1.54, 1.807) is 30.3 Å². The summed E-state index contributed by atoms with van der Waals surface area (Å²) in [5, 5.41) is 0.564. The number of hydrogen-bond acceptors (Lipinski definition) is 3. The van der Waals surface area contributed by atoms with Gasteiger partial charge in [-0.15, -0.1) is 11.3 Å². The van der Waals surface area contributed by atoms with Crippen LogP contribution in [0.25, 0.3) is 0 Å². The molecule has 94 valence electrons. The predicted molar refractivity (Wildman–Crippen MR) is 78.1 cm³/mol. The first kappa shape index (κ1) is 13.6. The summed E-state index contributed by atoms with van der Waals surface area (Å²) < 4.78 is 6.11. The molecule has 2 aromatic rings. The van der Waals surface area contributed by atoms with Gasteiger partial charge in [-0.25, -0.2) is 0 Å². The Balaban J connectivity index is 2.23. The molecule has 0 aliphatic heterocycles. The summed E-state index contributed by atoms with van der Waals surface area (Å²) in [5.41, 5.74) is 0.629. The molecular formula is C13H10BrClO2S. The number of ether oxygens (including phenoxy) is 1. The van der Waals surface area contributed by atoms with E-state index in [4.69, 9.17) is 16.3 Å². The third-order valence-corrected chi connectivity index (χ3v) is 4.77. The average molecular weight is 346 g/mol. The Bertz CT molecular complexity index is 543. The molecule has 0 amide bonds. The Labute approximate surface area is 123 Å². The SMILES string of the molecule is CCOc1ccc(C(=O)c2cc(Cl)c(Br)s2)cc1. The number of ketones is 1. The molecule has 1 aromatic heterocycles.